The molecule has 10 N–H and O–H groups in total. The fourth-order valence-electron chi connectivity index (χ4n) is 3.97. The Morgan fingerprint density at radius 2 is 1.66 bits per heavy atom. The van der Waals surface area contributed by atoms with Crippen LogP contribution in [0.5, 0.6) is 5.75 Å². The average Bonchev–Trinajstić information content (AvgIpc) is 3.43. The first-order chi connectivity index (χ1) is 20.9. The van der Waals surface area contributed by atoms with Crippen LogP contribution in [-0.2, 0) is 27.5 Å². The van der Waals surface area contributed by atoms with Gasteiger partial charge in [0, 0.05) is 25.2 Å². The minimum absolute atomic E-state index is 0.230. The minimum Gasteiger partial charge on any atom is -0.482 e. The number of nitrogens with zero attached hydrogens (tertiary/aromatic N) is 3. The van der Waals surface area contributed by atoms with Crippen molar-refractivity contribution in [3.63, 3.8) is 0 Å². The molecule has 2 aromatic heterocycles. The van der Waals surface area contributed by atoms with E-state index in [1.54, 1.807) is 24.3 Å². The van der Waals surface area contributed by atoms with Crippen LogP contribution in [-0.4, -0.2) is 73.8 Å². The molecule has 3 aromatic rings. The van der Waals surface area contributed by atoms with Gasteiger partial charge in [-0.15, -0.1) is 0 Å². The van der Waals surface area contributed by atoms with E-state index in [1.165, 1.54) is 9.13 Å². The molecule has 3 rings (SSSR count). The Bertz CT molecular complexity index is 1560. The molecule has 240 valence electrons. The van der Waals surface area contributed by atoms with Gasteiger partial charge in [-0.1, -0.05) is 13.8 Å². The molecule has 0 aliphatic rings. The molecule has 4 amide bonds. The third kappa shape index (κ3) is 10.3. The number of carboxylic acid groups (broad SMARTS) is 1. The number of carbonyl (C=O) groups is 4. The van der Waals surface area contributed by atoms with Crippen LogP contribution in [0.15, 0.2) is 33.9 Å². The summed E-state index contributed by atoms with van der Waals surface area (Å²) in [6, 6.07) is 5.32. The van der Waals surface area contributed by atoms with Crippen LogP contribution in [0.3, 0.4) is 0 Å². The van der Waals surface area contributed by atoms with Gasteiger partial charge in [0.15, 0.2) is 12.3 Å². The zero-order chi connectivity index (χ0) is 32.8. The van der Waals surface area contributed by atoms with E-state index in [-0.39, 0.29) is 17.8 Å². The van der Waals surface area contributed by atoms with Crippen molar-refractivity contribution >= 4 is 35.0 Å². The Morgan fingerprint density at radius 1 is 1.02 bits per heavy atom. The van der Waals surface area contributed by atoms with Crippen LogP contribution in [0.2, 0.25) is 0 Å². The molecule has 44 heavy (non-hydrogen) atoms. The molecule has 0 aliphatic carbocycles. The Labute approximate surface area is 251 Å². The van der Waals surface area contributed by atoms with Crippen LogP contribution in [0.25, 0.3) is 22.6 Å². The third-order valence-corrected chi connectivity index (χ3v) is 6.01. The van der Waals surface area contributed by atoms with Crippen molar-refractivity contribution in [2.45, 2.75) is 58.7 Å². The summed E-state index contributed by atoms with van der Waals surface area (Å²) in [4.78, 5) is 75.4. The van der Waals surface area contributed by atoms with Gasteiger partial charge in [0.25, 0.3) is 5.56 Å². The number of aliphatic carboxylic acids is 1. The smallest absolute Gasteiger partial charge is 0.341 e. The number of ether oxygens (including phenoxy) is 1. The first-order valence-corrected chi connectivity index (χ1v) is 13.9. The molecule has 1 atom stereocenters. The molecular weight excluding hydrogens is 578 g/mol. The number of primary amides is 2. The molecule has 17 heteroatoms. The molecular formula is C27H39N9O8. The molecule has 0 saturated carbocycles. The van der Waals surface area contributed by atoms with E-state index in [4.69, 9.17) is 27.0 Å². The third-order valence-electron chi connectivity index (χ3n) is 6.01. The summed E-state index contributed by atoms with van der Waals surface area (Å²) in [5.41, 5.74) is 15.8. The van der Waals surface area contributed by atoms with Gasteiger partial charge in [0.05, 0.1) is 12.6 Å². The molecule has 0 spiro atoms. The number of fused-ring (bicyclic) bond motifs is 1. The van der Waals surface area contributed by atoms with E-state index in [0.717, 1.165) is 6.42 Å². The van der Waals surface area contributed by atoms with Crippen LogP contribution in [0.1, 0.15) is 39.5 Å². The number of rotatable bonds is 15. The van der Waals surface area contributed by atoms with Crippen molar-refractivity contribution in [2.75, 3.05) is 19.7 Å². The summed E-state index contributed by atoms with van der Waals surface area (Å²) in [6.07, 6.45) is 2.31. The van der Waals surface area contributed by atoms with Gasteiger partial charge in [0.1, 0.15) is 17.1 Å². The van der Waals surface area contributed by atoms with Crippen molar-refractivity contribution < 1.29 is 29.0 Å². The van der Waals surface area contributed by atoms with E-state index in [2.05, 4.69) is 20.6 Å². The largest absolute Gasteiger partial charge is 0.482 e. The van der Waals surface area contributed by atoms with Gasteiger partial charge >= 0.3 is 17.7 Å². The van der Waals surface area contributed by atoms with E-state index in [0.29, 0.717) is 67.2 Å². The molecule has 0 fully saturated rings. The van der Waals surface area contributed by atoms with Crippen molar-refractivity contribution in [1.29, 1.82) is 0 Å². The highest BCUT2D eigenvalue weighted by Crippen LogP contribution is 2.21. The number of hydrogen-bond acceptors (Lipinski definition) is 9. The number of aryl methyl sites for hydroxylation is 1. The number of carboxylic acids is 1. The second-order valence-corrected chi connectivity index (χ2v) is 9.61. The fourth-order valence-corrected chi connectivity index (χ4v) is 3.97. The second-order valence-electron chi connectivity index (χ2n) is 9.61. The number of H-pyrrole nitrogens is 1. The second kappa shape index (κ2) is 17.1. The van der Waals surface area contributed by atoms with Crippen LogP contribution in [0.4, 0.5) is 4.79 Å². The maximum absolute atomic E-state index is 12.7. The minimum atomic E-state index is -1.06. The predicted molar refractivity (Wildman–Crippen MR) is 161 cm³/mol. The maximum Gasteiger partial charge on any atom is 0.341 e. The summed E-state index contributed by atoms with van der Waals surface area (Å²) in [7, 11) is 0. The first-order valence-electron chi connectivity index (χ1n) is 13.9. The van der Waals surface area contributed by atoms with Gasteiger partial charge < -0.3 is 42.7 Å². The number of aromatic amines is 1. The molecule has 2 heterocycles. The summed E-state index contributed by atoms with van der Waals surface area (Å²) < 4.78 is 7.88. The first kappa shape index (κ1) is 35.0. The monoisotopic (exact) mass is 617 g/mol. The standard InChI is InChI=1S/C19H22N4O5.C8H17N5O3/c1-3-9-22-17-15(18(26)23(10-4-2)19(22)27)20-16(21-17)12-5-7-13(8-6-12)28-11-14(24)25;9-5(2-1-3-12-8(11)16)7(15)13-4-6(10)14/h5-8H,3-4,9-11H2,1-2H3,(H,20,21)(H,24,25);5H,1-4,9H2,(H2,10,14)(H,13,15)(H3,11,12,16)/t;5-/m.0/s1. The molecule has 0 bridgehead atoms. The normalized spacial score (nSPS) is 11.2. The number of benzene rings is 1. The van der Waals surface area contributed by atoms with E-state index in [1.807, 2.05) is 13.8 Å². The quantitative estimate of drug-likeness (QED) is 0.104. The lowest BCUT2D eigenvalue weighted by atomic mass is 10.1. The zero-order valence-corrected chi connectivity index (χ0v) is 24.6. The van der Waals surface area contributed by atoms with Gasteiger partial charge in [0.2, 0.25) is 11.8 Å². The number of nitrogens with two attached hydrogens (primary N) is 3. The lowest BCUT2D eigenvalue weighted by Gasteiger charge is -2.11. The Balaban J connectivity index is 0.000000362. The maximum atomic E-state index is 12.7. The highest BCUT2D eigenvalue weighted by molar-refractivity contribution is 5.86. The lowest BCUT2D eigenvalue weighted by molar-refractivity contribution is -0.139. The molecule has 17 nitrogen and oxygen atoms in total. The molecule has 0 radical (unpaired) electrons. The van der Waals surface area contributed by atoms with Gasteiger partial charge in [-0.25, -0.2) is 19.4 Å². The Kier molecular flexibility index (Phi) is 13.6. The van der Waals surface area contributed by atoms with Crippen molar-refractivity contribution in [3.05, 3.63) is 45.1 Å². The van der Waals surface area contributed by atoms with Gasteiger partial charge in [-0.2, -0.15) is 0 Å². The highest BCUT2D eigenvalue weighted by atomic mass is 16.5. The average molecular weight is 618 g/mol. The van der Waals surface area contributed by atoms with Crippen LogP contribution < -0.4 is 43.8 Å². The van der Waals surface area contributed by atoms with E-state index in [9.17, 15) is 28.8 Å². The topological polar surface area (TPSA) is 273 Å². The lowest BCUT2D eigenvalue weighted by Crippen LogP contribution is -2.44. The van der Waals surface area contributed by atoms with Crippen molar-refractivity contribution in [1.82, 2.24) is 29.7 Å². The zero-order valence-electron chi connectivity index (χ0n) is 24.6. The number of aromatic nitrogens is 4. The van der Waals surface area contributed by atoms with Crippen molar-refractivity contribution in [2.24, 2.45) is 17.2 Å². The Hall–Kier alpha value is -5.19. The molecule has 0 saturated heterocycles. The van der Waals surface area contributed by atoms with E-state index >= 15 is 0 Å². The molecule has 1 aromatic carbocycles. The number of amides is 4. The van der Waals surface area contributed by atoms with E-state index < -0.39 is 36.5 Å². The molecule has 0 unspecified atom stereocenters. The summed E-state index contributed by atoms with van der Waals surface area (Å²) in [5.74, 6) is -1.27. The number of imidazole rings is 1. The SMILES string of the molecule is CCCn1c(=O)c2[nH]c(-c3ccc(OCC(=O)O)cc3)nc2n(CCC)c1=O.NC(=O)CNC(=O)[C@@H](N)CCCNC(N)=O. The fraction of sp³-hybridized carbons (Fsp3) is 0.444. The van der Waals surface area contributed by atoms with Crippen LogP contribution in [0, 0.1) is 0 Å². The number of nitrogens with one attached hydrogen (secondary N) is 3. The summed E-state index contributed by atoms with van der Waals surface area (Å²) in [6.45, 7) is 4.37. The number of urea groups is 1. The van der Waals surface area contributed by atoms with Gasteiger partial charge in [-0.05, 0) is 49.9 Å². The highest BCUT2D eigenvalue weighted by Gasteiger charge is 2.17. The predicted octanol–water partition coefficient (Wildman–Crippen LogP) is -0.800. The number of carbonyl (C=O) groups excluding carboxylic acids is 3. The Morgan fingerprint density at radius 3 is 2.23 bits per heavy atom. The molecule has 0 aliphatic heterocycles. The summed E-state index contributed by atoms with van der Waals surface area (Å²) >= 11 is 0. The van der Waals surface area contributed by atoms with Crippen molar-refractivity contribution in [3.8, 4) is 17.1 Å². The number of hydrogen-bond donors (Lipinski definition) is 7. The van der Waals surface area contributed by atoms with Crippen LogP contribution >= 0.6 is 0 Å². The summed E-state index contributed by atoms with van der Waals surface area (Å²) in [5, 5.41) is 13.3. The van der Waals surface area contributed by atoms with Gasteiger partial charge in [-0.3, -0.25) is 23.5 Å².